The van der Waals surface area contributed by atoms with E-state index in [1.54, 1.807) is 0 Å². The van der Waals surface area contributed by atoms with Crippen LogP contribution < -0.4 is 4.90 Å². The number of nitrogens with zero attached hydrogens (tertiary/aromatic N) is 4. The molecule has 1 aliphatic rings. The third-order valence-corrected chi connectivity index (χ3v) is 6.33. The van der Waals surface area contributed by atoms with E-state index in [-0.39, 0.29) is 16.9 Å². The van der Waals surface area contributed by atoms with Gasteiger partial charge in [0.25, 0.3) is 0 Å². The molecule has 0 bridgehead atoms. The molecular weight excluding hydrogens is 432 g/mol. The Balaban J connectivity index is 2.41. The minimum Gasteiger partial charge on any atom is -0.480 e. The Morgan fingerprint density at radius 3 is 2.03 bits per heavy atom. The number of para-hydroxylation sites is 1. The first-order valence-electron chi connectivity index (χ1n) is 12.8. The highest BCUT2D eigenvalue weighted by molar-refractivity contribution is 5.71. The van der Waals surface area contributed by atoms with E-state index in [9.17, 15) is 15.8 Å². The molecule has 1 heterocycles. The molecule has 0 aliphatic carbocycles. The minimum absolute atomic E-state index is 0.0731. The summed E-state index contributed by atoms with van der Waals surface area (Å²) in [7, 11) is 0. The van der Waals surface area contributed by atoms with Crippen molar-refractivity contribution < 1.29 is 4.74 Å². The molecule has 5 heteroatoms. The van der Waals surface area contributed by atoms with Crippen molar-refractivity contribution in [1.82, 2.24) is 0 Å². The fraction of sp³-hybridized carbons (Fsp3) is 0.500. The van der Waals surface area contributed by atoms with Gasteiger partial charge in [-0.15, -0.1) is 0 Å². The van der Waals surface area contributed by atoms with E-state index in [1.807, 2.05) is 44.2 Å². The van der Waals surface area contributed by atoms with Crippen LogP contribution in [0.4, 0.5) is 5.69 Å². The maximum absolute atomic E-state index is 9.82. The van der Waals surface area contributed by atoms with E-state index < -0.39 is 5.60 Å². The molecule has 0 amide bonds. The summed E-state index contributed by atoms with van der Waals surface area (Å²) >= 11 is 0. The Morgan fingerprint density at radius 1 is 0.886 bits per heavy atom. The van der Waals surface area contributed by atoms with Gasteiger partial charge in [0.1, 0.15) is 29.4 Å². The van der Waals surface area contributed by atoms with Gasteiger partial charge in [-0.2, -0.15) is 15.8 Å². The molecule has 35 heavy (non-hydrogen) atoms. The molecule has 2 rings (SSSR count). The first-order chi connectivity index (χ1) is 16.9. The summed E-state index contributed by atoms with van der Waals surface area (Å²) in [5, 5.41) is 28.4. The quantitative estimate of drug-likeness (QED) is 0.219. The first kappa shape index (κ1) is 27.8. The molecule has 0 radical (unpaired) electrons. The zero-order valence-corrected chi connectivity index (χ0v) is 21.7. The van der Waals surface area contributed by atoms with Gasteiger partial charge in [0, 0.05) is 24.4 Å². The second kappa shape index (κ2) is 14.0. The van der Waals surface area contributed by atoms with Crippen LogP contribution in [-0.2, 0) is 4.74 Å². The average Bonchev–Trinajstić information content (AvgIpc) is 3.12. The first-order valence-corrected chi connectivity index (χ1v) is 12.8. The Bertz CT molecular complexity index is 1040. The second-order valence-electron chi connectivity index (χ2n) is 9.44. The number of nitriles is 3. The zero-order valence-electron chi connectivity index (χ0n) is 21.7. The van der Waals surface area contributed by atoms with Crippen LogP contribution in [0, 0.1) is 34.0 Å². The molecule has 0 N–H and O–H groups in total. The van der Waals surface area contributed by atoms with Crippen molar-refractivity contribution in [3.8, 4) is 18.2 Å². The molecular formula is C30H38N4O. The van der Waals surface area contributed by atoms with Crippen LogP contribution >= 0.6 is 0 Å². The monoisotopic (exact) mass is 470 g/mol. The molecule has 0 aromatic heterocycles. The second-order valence-corrected chi connectivity index (χ2v) is 9.44. The van der Waals surface area contributed by atoms with Gasteiger partial charge in [0.2, 0.25) is 0 Å². The SMILES string of the molecule is CCCCCCN(CCCCCC)c1ccccc1C=CC1=C(C#N)C(=C(C#N)C#N)OC1(C)C. The van der Waals surface area contributed by atoms with E-state index >= 15 is 0 Å². The summed E-state index contributed by atoms with van der Waals surface area (Å²) in [4.78, 5) is 2.50. The van der Waals surface area contributed by atoms with E-state index in [4.69, 9.17) is 4.74 Å². The van der Waals surface area contributed by atoms with Crippen LogP contribution in [0.3, 0.4) is 0 Å². The lowest BCUT2D eigenvalue weighted by atomic mass is 9.94. The number of rotatable bonds is 13. The maximum Gasteiger partial charge on any atom is 0.172 e. The number of allylic oxidation sites excluding steroid dienone is 2. The van der Waals surface area contributed by atoms with Crippen molar-refractivity contribution in [1.29, 1.82) is 15.8 Å². The maximum atomic E-state index is 9.82. The van der Waals surface area contributed by atoms with Gasteiger partial charge in [-0.25, -0.2) is 0 Å². The number of hydrogen-bond donors (Lipinski definition) is 0. The highest BCUT2D eigenvalue weighted by Crippen LogP contribution is 2.40. The van der Waals surface area contributed by atoms with Gasteiger partial charge in [-0.05, 0) is 38.3 Å². The van der Waals surface area contributed by atoms with Crippen molar-refractivity contribution >= 4 is 11.8 Å². The summed E-state index contributed by atoms with van der Waals surface area (Å²) < 4.78 is 5.90. The van der Waals surface area contributed by atoms with E-state index in [0.717, 1.165) is 18.7 Å². The minimum atomic E-state index is -0.815. The number of unbranched alkanes of at least 4 members (excludes halogenated alkanes) is 6. The predicted octanol–water partition coefficient (Wildman–Crippen LogP) is 7.60. The summed E-state index contributed by atoms with van der Waals surface area (Å²) in [6, 6.07) is 14.2. The molecule has 1 aliphatic heterocycles. The van der Waals surface area contributed by atoms with Crippen LogP contribution in [0.1, 0.15) is 84.6 Å². The van der Waals surface area contributed by atoms with Gasteiger partial charge in [0.15, 0.2) is 11.3 Å². The Kier molecular flexibility index (Phi) is 11.1. The van der Waals surface area contributed by atoms with Crippen molar-refractivity contribution in [3.63, 3.8) is 0 Å². The largest absolute Gasteiger partial charge is 0.480 e. The van der Waals surface area contributed by atoms with Crippen LogP contribution in [0.5, 0.6) is 0 Å². The van der Waals surface area contributed by atoms with Crippen molar-refractivity contribution in [2.75, 3.05) is 18.0 Å². The standard InChI is InChI=1S/C30H38N4O/c1-5-7-9-13-19-34(20-14-10-8-6-2)28-16-12-11-15-24(28)17-18-27-26(23-33)29(25(21-31)22-32)35-30(27,3)4/h11-12,15-18H,5-10,13-14,19-20H2,1-4H3. The van der Waals surface area contributed by atoms with E-state index in [2.05, 4.69) is 43.0 Å². The highest BCUT2D eigenvalue weighted by atomic mass is 16.5. The fourth-order valence-electron chi connectivity index (χ4n) is 4.38. The smallest absolute Gasteiger partial charge is 0.172 e. The highest BCUT2D eigenvalue weighted by Gasteiger charge is 2.38. The topological polar surface area (TPSA) is 83.8 Å². The van der Waals surface area contributed by atoms with Crippen molar-refractivity contribution in [2.24, 2.45) is 0 Å². The van der Waals surface area contributed by atoms with Crippen molar-refractivity contribution in [2.45, 2.75) is 84.7 Å². The zero-order chi connectivity index (χ0) is 25.7. The van der Waals surface area contributed by atoms with Crippen molar-refractivity contribution in [3.05, 3.63) is 58.4 Å². The number of benzene rings is 1. The van der Waals surface area contributed by atoms with Gasteiger partial charge in [-0.3, -0.25) is 0 Å². The Hall–Kier alpha value is -3.49. The number of hydrogen-bond acceptors (Lipinski definition) is 5. The van der Waals surface area contributed by atoms with Gasteiger partial charge < -0.3 is 9.64 Å². The Morgan fingerprint density at radius 2 is 1.49 bits per heavy atom. The Labute approximate surface area is 211 Å². The van der Waals surface area contributed by atoms with E-state index in [1.165, 1.54) is 57.1 Å². The summed E-state index contributed by atoms with van der Waals surface area (Å²) in [6.07, 6.45) is 13.7. The lowest BCUT2D eigenvalue weighted by Crippen LogP contribution is -2.26. The molecule has 0 saturated heterocycles. The summed E-state index contributed by atoms with van der Waals surface area (Å²) in [5.41, 5.74) is 2.20. The van der Waals surface area contributed by atoms with Crippen LogP contribution in [0.25, 0.3) is 6.08 Å². The predicted molar refractivity (Wildman–Crippen MR) is 142 cm³/mol. The molecule has 0 saturated carbocycles. The molecule has 0 spiro atoms. The third kappa shape index (κ3) is 7.50. The lowest BCUT2D eigenvalue weighted by Gasteiger charge is -2.27. The molecule has 1 aromatic carbocycles. The van der Waals surface area contributed by atoms with Crippen LogP contribution in [0.15, 0.2) is 52.8 Å². The normalized spacial score (nSPS) is 14.4. The van der Waals surface area contributed by atoms with Gasteiger partial charge >= 0.3 is 0 Å². The van der Waals surface area contributed by atoms with Crippen LogP contribution in [0.2, 0.25) is 0 Å². The van der Waals surface area contributed by atoms with Crippen LogP contribution in [-0.4, -0.2) is 18.7 Å². The average molecular weight is 471 g/mol. The fourth-order valence-corrected chi connectivity index (χ4v) is 4.38. The van der Waals surface area contributed by atoms with E-state index in [0.29, 0.717) is 5.57 Å². The molecule has 0 unspecified atom stereocenters. The molecule has 0 atom stereocenters. The number of ether oxygens (including phenoxy) is 1. The van der Waals surface area contributed by atoms with Gasteiger partial charge in [0.05, 0.1) is 0 Å². The molecule has 184 valence electrons. The molecule has 1 aromatic rings. The molecule has 5 nitrogen and oxygen atoms in total. The summed E-state index contributed by atoms with van der Waals surface area (Å²) in [6.45, 7) is 10.2. The van der Waals surface area contributed by atoms with Gasteiger partial charge in [-0.1, -0.05) is 82.7 Å². The lowest BCUT2D eigenvalue weighted by molar-refractivity contribution is 0.0954. The summed E-state index contributed by atoms with van der Waals surface area (Å²) in [5.74, 6) is 0.0731. The number of anilines is 1. The third-order valence-electron chi connectivity index (χ3n) is 6.33. The molecule has 0 fully saturated rings.